The lowest BCUT2D eigenvalue weighted by Gasteiger charge is -2.08. The monoisotopic (exact) mass is 377 g/mol. The Morgan fingerprint density at radius 3 is 2.60 bits per heavy atom. The van der Waals surface area contributed by atoms with Crippen LogP contribution in [-0.4, -0.2) is 16.8 Å². The van der Waals surface area contributed by atoms with Gasteiger partial charge in [0.15, 0.2) is 0 Å². The van der Waals surface area contributed by atoms with E-state index in [1.165, 1.54) is 6.20 Å². The van der Waals surface area contributed by atoms with Crippen LogP contribution in [0.15, 0.2) is 36.5 Å². The van der Waals surface area contributed by atoms with Crippen LogP contribution in [0.1, 0.15) is 24.8 Å². The van der Waals surface area contributed by atoms with Gasteiger partial charge in [0.1, 0.15) is 5.82 Å². The maximum Gasteiger partial charge on any atom is 0.228 e. The summed E-state index contributed by atoms with van der Waals surface area (Å²) < 4.78 is 0. The van der Waals surface area contributed by atoms with E-state index >= 15 is 0 Å². The van der Waals surface area contributed by atoms with Crippen molar-refractivity contribution in [1.82, 2.24) is 4.98 Å². The maximum absolute atomic E-state index is 12.1. The number of nitrogens with zero attached hydrogens (tertiary/aromatic N) is 1. The molecule has 25 heavy (non-hydrogen) atoms. The molecule has 3 rings (SSSR count). The minimum Gasteiger partial charge on any atom is -0.325 e. The van der Waals surface area contributed by atoms with E-state index in [0.29, 0.717) is 28.0 Å². The summed E-state index contributed by atoms with van der Waals surface area (Å²) in [5.41, 5.74) is 1.41. The summed E-state index contributed by atoms with van der Waals surface area (Å²) in [5, 5.41) is 6.48. The molecular formula is C18H17Cl2N3O2. The molecule has 0 radical (unpaired) electrons. The number of halogens is 2. The lowest BCUT2D eigenvalue weighted by atomic mass is 10.1. The minimum atomic E-state index is -0.146. The Kier molecular flexibility index (Phi) is 5.56. The fourth-order valence-electron chi connectivity index (χ4n) is 2.33. The van der Waals surface area contributed by atoms with Gasteiger partial charge < -0.3 is 10.6 Å². The van der Waals surface area contributed by atoms with Crippen LogP contribution in [0.2, 0.25) is 10.0 Å². The molecule has 1 aromatic heterocycles. The molecule has 1 heterocycles. The zero-order chi connectivity index (χ0) is 17.8. The van der Waals surface area contributed by atoms with Crippen molar-refractivity contribution >= 4 is 46.5 Å². The predicted molar refractivity (Wildman–Crippen MR) is 99.0 cm³/mol. The highest BCUT2D eigenvalue weighted by atomic mass is 35.5. The van der Waals surface area contributed by atoms with E-state index in [1.807, 2.05) is 6.07 Å². The second-order valence-electron chi connectivity index (χ2n) is 5.96. The van der Waals surface area contributed by atoms with Gasteiger partial charge in [-0.1, -0.05) is 35.3 Å². The molecule has 0 spiro atoms. The molecule has 0 aliphatic heterocycles. The highest BCUT2D eigenvalue weighted by Gasteiger charge is 2.29. The number of benzene rings is 1. The van der Waals surface area contributed by atoms with Gasteiger partial charge in [0.25, 0.3) is 0 Å². The van der Waals surface area contributed by atoms with Crippen molar-refractivity contribution in [2.24, 2.45) is 5.92 Å². The van der Waals surface area contributed by atoms with Crippen molar-refractivity contribution in [2.45, 2.75) is 25.7 Å². The molecule has 1 saturated carbocycles. The Morgan fingerprint density at radius 2 is 1.92 bits per heavy atom. The highest BCUT2D eigenvalue weighted by molar-refractivity contribution is 6.42. The first-order chi connectivity index (χ1) is 12.0. The van der Waals surface area contributed by atoms with Gasteiger partial charge in [-0.2, -0.15) is 0 Å². The van der Waals surface area contributed by atoms with Gasteiger partial charge in [0.05, 0.1) is 21.9 Å². The van der Waals surface area contributed by atoms with Gasteiger partial charge >= 0.3 is 0 Å². The summed E-state index contributed by atoms with van der Waals surface area (Å²) in [5.74, 6) is 0.468. The number of nitrogens with one attached hydrogen (secondary N) is 2. The number of pyridine rings is 1. The van der Waals surface area contributed by atoms with Crippen molar-refractivity contribution in [3.8, 4) is 0 Å². The SMILES string of the molecule is O=C(CCc1cccc(Cl)c1Cl)Nc1ccc(NC(=O)C2CC2)nc1. The largest absolute Gasteiger partial charge is 0.325 e. The third kappa shape index (κ3) is 4.94. The topological polar surface area (TPSA) is 71.1 Å². The van der Waals surface area contributed by atoms with E-state index in [0.717, 1.165) is 18.4 Å². The number of carbonyl (C=O) groups is 2. The average molecular weight is 378 g/mol. The van der Waals surface area contributed by atoms with Crippen molar-refractivity contribution in [3.05, 3.63) is 52.1 Å². The van der Waals surface area contributed by atoms with Gasteiger partial charge in [-0.25, -0.2) is 4.98 Å². The van der Waals surface area contributed by atoms with Gasteiger partial charge in [-0.15, -0.1) is 0 Å². The van der Waals surface area contributed by atoms with E-state index < -0.39 is 0 Å². The minimum absolute atomic E-state index is 0.00249. The summed E-state index contributed by atoms with van der Waals surface area (Å²) in [6, 6.07) is 8.74. The Hall–Kier alpha value is -2.11. The number of anilines is 2. The average Bonchev–Trinajstić information content (AvgIpc) is 3.43. The lowest BCUT2D eigenvalue weighted by molar-refractivity contribution is -0.117. The quantitative estimate of drug-likeness (QED) is 0.787. The Morgan fingerprint density at radius 1 is 1.12 bits per heavy atom. The summed E-state index contributed by atoms with van der Waals surface area (Å²) in [6.45, 7) is 0. The molecule has 1 aromatic carbocycles. The Labute approximate surface area is 155 Å². The highest BCUT2D eigenvalue weighted by Crippen LogP contribution is 2.30. The molecular weight excluding hydrogens is 361 g/mol. The van der Waals surface area contributed by atoms with Crippen LogP contribution in [-0.2, 0) is 16.0 Å². The molecule has 7 heteroatoms. The van der Waals surface area contributed by atoms with Crippen LogP contribution in [0.3, 0.4) is 0 Å². The Balaban J connectivity index is 1.50. The second-order valence-corrected chi connectivity index (χ2v) is 6.74. The van der Waals surface area contributed by atoms with Crippen molar-refractivity contribution in [3.63, 3.8) is 0 Å². The van der Waals surface area contributed by atoms with Crippen LogP contribution in [0.25, 0.3) is 0 Å². The fraction of sp³-hybridized carbons (Fsp3) is 0.278. The molecule has 1 aliphatic rings. The summed E-state index contributed by atoms with van der Waals surface area (Å²) in [7, 11) is 0. The van der Waals surface area contributed by atoms with E-state index in [2.05, 4.69) is 15.6 Å². The number of aryl methyl sites for hydroxylation is 1. The molecule has 1 aliphatic carbocycles. The van der Waals surface area contributed by atoms with Crippen LogP contribution >= 0.6 is 23.2 Å². The first-order valence-corrected chi connectivity index (χ1v) is 8.78. The second kappa shape index (κ2) is 7.85. The third-order valence-corrected chi connectivity index (χ3v) is 4.76. The van der Waals surface area contributed by atoms with E-state index in [9.17, 15) is 9.59 Å². The van der Waals surface area contributed by atoms with Crippen LogP contribution in [0.5, 0.6) is 0 Å². The first-order valence-electron chi connectivity index (χ1n) is 8.02. The number of hydrogen-bond donors (Lipinski definition) is 2. The molecule has 1 fully saturated rings. The van der Waals surface area contributed by atoms with E-state index in [4.69, 9.17) is 23.2 Å². The van der Waals surface area contributed by atoms with Gasteiger partial charge in [-0.05, 0) is 43.0 Å². The maximum atomic E-state index is 12.1. The van der Waals surface area contributed by atoms with Crippen LogP contribution in [0.4, 0.5) is 11.5 Å². The molecule has 2 aromatic rings. The fourth-order valence-corrected chi connectivity index (χ4v) is 2.74. The molecule has 2 N–H and O–H groups in total. The normalized spacial score (nSPS) is 13.4. The zero-order valence-electron chi connectivity index (χ0n) is 13.4. The molecule has 130 valence electrons. The van der Waals surface area contributed by atoms with E-state index in [1.54, 1.807) is 24.3 Å². The molecule has 0 saturated heterocycles. The lowest BCUT2D eigenvalue weighted by Crippen LogP contribution is -2.15. The smallest absolute Gasteiger partial charge is 0.228 e. The summed E-state index contributed by atoms with van der Waals surface area (Å²) in [4.78, 5) is 27.9. The van der Waals surface area contributed by atoms with Crippen LogP contribution in [0, 0.1) is 5.92 Å². The van der Waals surface area contributed by atoms with Crippen molar-refractivity contribution in [1.29, 1.82) is 0 Å². The van der Waals surface area contributed by atoms with Crippen molar-refractivity contribution < 1.29 is 9.59 Å². The number of aromatic nitrogens is 1. The molecule has 5 nitrogen and oxygen atoms in total. The molecule has 0 unspecified atom stereocenters. The molecule has 0 atom stereocenters. The standard InChI is InChI=1S/C18H17Cl2N3O2/c19-14-3-1-2-11(17(14)20)6-9-16(24)22-13-7-8-15(21-10-13)23-18(25)12-4-5-12/h1-3,7-8,10,12H,4-6,9H2,(H,22,24)(H,21,23,25). The first kappa shape index (κ1) is 17.7. The predicted octanol–water partition coefficient (Wildman–Crippen LogP) is 4.31. The van der Waals surface area contributed by atoms with Gasteiger partial charge in [0.2, 0.25) is 11.8 Å². The number of hydrogen-bond acceptors (Lipinski definition) is 3. The van der Waals surface area contributed by atoms with Gasteiger partial charge in [0, 0.05) is 12.3 Å². The summed E-state index contributed by atoms with van der Waals surface area (Å²) in [6.07, 6.45) is 4.18. The van der Waals surface area contributed by atoms with Crippen molar-refractivity contribution in [2.75, 3.05) is 10.6 Å². The van der Waals surface area contributed by atoms with Crippen LogP contribution < -0.4 is 10.6 Å². The molecule has 2 amide bonds. The van der Waals surface area contributed by atoms with E-state index in [-0.39, 0.29) is 24.2 Å². The summed E-state index contributed by atoms with van der Waals surface area (Å²) >= 11 is 12.1. The number of amides is 2. The zero-order valence-corrected chi connectivity index (χ0v) is 14.9. The number of carbonyl (C=O) groups excluding carboxylic acids is 2. The third-order valence-electron chi connectivity index (χ3n) is 3.90. The Bertz CT molecular complexity index is 789. The number of rotatable bonds is 6. The van der Waals surface area contributed by atoms with Gasteiger partial charge in [-0.3, -0.25) is 9.59 Å². The molecule has 0 bridgehead atoms.